The monoisotopic (exact) mass is 312 g/mol. The summed E-state index contributed by atoms with van der Waals surface area (Å²) >= 11 is 0. The smallest absolute Gasteiger partial charge is 0.352 e. The normalized spacial score (nSPS) is 22.8. The molecule has 2 rings (SSSR count). The molecule has 2 aliphatic rings. The number of carbonyl (C=O) groups excluding carboxylic acids is 3. The summed E-state index contributed by atoms with van der Waals surface area (Å²) < 4.78 is 20.0. The second kappa shape index (κ2) is 5.04. The van der Waals surface area contributed by atoms with Crippen molar-refractivity contribution >= 4 is 17.9 Å². The van der Waals surface area contributed by atoms with Gasteiger partial charge in [-0.1, -0.05) is 0 Å². The molecule has 0 radical (unpaired) electrons. The summed E-state index contributed by atoms with van der Waals surface area (Å²) in [6.07, 6.45) is 0.671. The Morgan fingerprint density at radius 3 is 1.95 bits per heavy atom. The maximum atomic E-state index is 11.8. The van der Waals surface area contributed by atoms with Crippen LogP contribution in [0.2, 0.25) is 0 Å². The van der Waals surface area contributed by atoms with Gasteiger partial charge in [0, 0.05) is 27.7 Å². The van der Waals surface area contributed by atoms with Gasteiger partial charge < -0.3 is 24.1 Å². The van der Waals surface area contributed by atoms with Crippen LogP contribution >= 0.6 is 0 Å². The summed E-state index contributed by atoms with van der Waals surface area (Å²) in [7, 11) is 0. The Hall–Kier alpha value is -2.51. The summed E-state index contributed by atoms with van der Waals surface area (Å²) in [4.78, 5) is 35.0. The number of hydrogen-bond acceptors (Lipinski definition) is 8. The van der Waals surface area contributed by atoms with Gasteiger partial charge in [0.2, 0.25) is 5.79 Å². The largest absolute Gasteiger partial charge is 0.511 e. The third-order valence-electron chi connectivity index (χ3n) is 2.72. The van der Waals surface area contributed by atoms with Gasteiger partial charge in [-0.05, 0) is 0 Å². The van der Waals surface area contributed by atoms with Gasteiger partial charge in [0.15, 0.2) is 5.57 Å². The van der Waals surface area contributed by atoms with Crippen molar-refractivity contribution in [3.63, 3.8) is 0 Å². The number of ether oxygens (including phenoxy) is 4. The molecule has 0 aromatic rings. The highest BCUT2D eigenvalue weighted by atomic mass is 16.7. The number of aliphatic hydroxyl groups is 1. The van der Waals surface area contributed by atoms with Gasteiger partial charge in [-0.25, -0.2) is 14.4 Å². The Balaban J connectivity index is 2.24. The van der Waals surface area contributed by atoms with E-state index in [1.807, 2.05) is 0 Å². The highest BCUT2D eigenvalue weighted by molar-refractivity contribution is 6.15. The number of cyclic esters (lactones) is 3. The number of rotatable bonds is 2. The van der Waals surface area contributed by atoms with E-state index < -0.39 is 40.8 Å². The Morgan fingerprint density at radius 1 is 0.955 bits per heavy atom. The molecule has 0 amide bonds. The van der Waals surface area contributed by atoms with Crippen molar-refractivity contribution in [3.8, 4) is 0 Å². The molecule has 0 unspecified atom stereocenters. The van der Waals surface area contributed by atoms with Crippen LogP contribution in [0.3, 0.4) is 0 Å². The average Bonchev–Trinajstić information content (AvgIpc) is 2.21. The van der Waals surface area contributed by atoms with Gasteiger partial charge in [0.05, 0.1) is 12.5 Å². The molecule has 2 aliphatic heterocycles. The zero-order valence-electron chi connectivity index (χ0n) is 12.6. The molecule has 22 heavy (non-hydrogen) atoms. The molecule has 8 heteroatoms. The van der Waals surface area contributed by atoms with E-state index in [0.29, 0.717) is 0 Å². The lowest BCUT2D eigenvalue weighted by Gasteiger charge is -2.31. The molecule has 1 saturated heterocycles. The first kappa shape index (κ1) is 15.9. The topological polar surface area (TPSA) is 108 Å². The maximum absolute atomic E-state index is 11.8. The van der Waals surface area contributed by atoms with E-state index in [2.05, 4.69) is 0 Å². The molecule has 1 N–H and O–H groups in total. The molecule has 8 nitrogen and oxygen atoms in total. The van der Waals surface area contributed by atoms with E-state index in [0.717, 1.165) is 6.08 Å². The summed E-state index contributed by atoms with van der Waals surface area (Å²) in [5, 5.41) is 10.00. The van der Waals surface area contributed by atoms with Gasteiger partial charge in [0.1, 0.15) is 11.5 Å². The van der Waals surface area contributed by atoms with Crippen LogP contribution in [-0.4, -0.2) is 34.6 Å². The Kier molecular flexibility index (Phi) is 3.64. The molecule has 2 heterocycles. The van der Waals surface area contributed by atoms with Crippen LogP contribution in [0.5, 0.6) is 0 Å². The van der Waals surface area contributed by atoms with Crippen molar-refractivity contribution in [1.82, 2.24) is 0 Å². The van der Waals surface area contributed by atoms with Crippen molar-refractivity contribution in [2.45, 2.75) is 45.7 Å². The third kappa shape index (κ3) is 3.38. The number of aliphatic hydroxyl groups excluding tert-OH is 1. The van der Waals surface area contributed by atoms with Crippen molar-refractivity contribution < 1.29 is 38.4 Å². The minimum absolute atomic E-state index is 0.0525. The Labute approximate surface area is 126 Å². The van der Waals surface area contributed by atoms with Crippen molar-refractivity contribution in [2.75, 3.05) is 0 Å². The van der Waals surface area contributed by atoms with Gasteiger partial charge in [0.25, 0.3) is 5.79 Å². The van der Waals surface area contributed by atoms with Crippen molar-refractivity contribution in [1.29, 1.82) is 0 Å². The number of esters is 3. The van der Waals surface area contributed by atoms with E-state index in [1.165, 1.54) is 27.7 Å². The minimum Gasteiger partial charge on any atom is -0.511 e. The maximum Gasteiger partial charge on any atom is 0.352 e. The van der Waals surface area contributed by atoms with Crippen LogP contribution in [0, 0.1) is 0 Å². The molecule has 0 bridgehead atoms. The molecule has 120 valence electrons. The van der Waals surface area contributed by atoms with E-state index >= 15 is 0 Å². The van der Waals surface area contributed by atoms with Crippen LogP contribution < -0.4 is 0 Å². The second-order valence-corrected chi connectivity index (χ2v) is 5.71. The predicted molar refractivity (Wildman–Crippen MR) is 69.9 cm³/mol. The molecular weight excluding hydrogens is 296 g/mol. The highest BCUT2D eigenvalue weighted by Crippen LogP contribution is 2.29. The van der Waals surface area contributed by atoms with Crippen LogP contribution in [0.4, 0.5) is 0 Å². The SMILES string of the molecule is CC1(C)OC(=O)C(=C(O)CC2=CC(=O)OC(C)(C)O2)C(=O)O1. The summed E-state index contributed by atoms with van der Waals surface area (Å²) in [6, 6.07) is 0. The van der Waals surface area contributed by atoms with Crippen LogP contribution in [0.1, 0.15) is 34.1 Å². The molecular formula is C14H16O8. The predicted octanol–water partition coefficient (Wildman–Crippen LogP) is 1.22. The molecule has 0 aromatic carbocycles. The van der Waals surface area contributed by atoms with E-state index in [4.69, 9.17) is 18.9 Å². The first-order valence-corrected chi connectivity index (χ1v) is 6.50. The van der Waals surface area contributed by atoms with Crippen LogP contribution in [-0.2, 0) is 33.3 Å². The van der Waals surface area contributed by atoms with E-state index in [-0.39, 0.29) is 12.2 Å². The fraction of sp³-hybridized carbons (Fsp3) is 0.500. The average molecular weight is 312 g/mol. The van der Waals surface area contributed by atoms with Gasteiger partial charge in [-0.3, -0.25) is 0 Å². The fourth-order valence-electron chi connectivity index (χ4n) is 2.00. The first-order valence-electron chi connectivity index (χ1n) is 6.50. The number of hydrogen-bond donors (Lipinski definition) is 1. The van der Waals surface area contributed by atoms with Crippen molar-refractivity contribution in [2.24, 2.45) is 0 Å². The van der Waals surface area contributed by atoms with Crippen LogP contribution in [0.25, 0.3) is 0 Å². The zero-order chi connectivity index (χ0) is 16.7. The minimum atomic E-state index is -1.40. The van der Waals surface area contributed by atoms with Gasteiger partial charge in [-0.15, -0.1) is 0 Å². The second-order valence-electron chi connectivity index (χ2n) is 5.71. The van der Waals surface area contributed by atoms with Crippen molar-refractivity contribution in [3.05, 3.63) is 23.2 Å². The first-order chi connectivity index (χ1) is 9.99. The quantitative estimate of drug-likeness (QED) is 0.351. The lowest BCUT2D eigenvalue weighted by Crippen LogP contribution is -2.42. The lowest BCUT2D eigenvalue weighted by atomic mass is 10.1. The third-order valence-corrected chi connectivity index (χ3v) is 2.72. The molecule has 0 spiro atoms. The zero-order valence-corrected chi connectivity index (χ0v) is 12.6. The lowest BCUT2D eigenvalue weighted by molar-refractivity contribution is -0.222. The summed E-state index contributed by atoms with van der Waals surface area (Å²) in [5.74, 6) is -5.82. The molecule has 0 aromatic heterocycles. The summed E-state index contributed by atoms with van der Waals surface area (Å²) in [6.45, 7) is 5.80. The number of carbonyl (C=O) groups is 3. The molecule has 1 fully saturated rings. The Bertz CT molecular complexity index is 586. The molecule has 0 atom stereocenters. The van der Waals surface area contributed by atoms with E-state index in [1.54, 1.807) is 0 Å². The van der Waals surface area contributed by atoms with Gasteiger partial charge >= 0.3 is 17.9 Å². The van der Waals surface area contributed by atoms with Crippen LogP contribution in [0.15, 0.2) is 23.2 Å². The standard InChI is InChI=1S/C14H16O8/c1-13(2)19-7(6-9(16)20-13)5-8(15)10-11(17)21-14(3,4)22-12(10)18/h6,15H,5H2,1-4H3. The molecule has 0 saturated carbocycles. The van der Waals surface area contributed by atoms with Gasteiger partial charge in [-0.2, -0.15) is 0 Å². The Morgan fingerprint density at radius 2 is 1.45 bits per heavy atom. The van der Waals surface area contributed by atoms with E-state index in [9.17, 15) is 19.5 Å². The summed E-state index contributed by atoms with van der Waals surface area (Å²) in [5.41, 5.74) is -0.624. The highest BCUT2D eigenvalue weighted by Gasteiger charge is 2.41. The fourth-order valence-corrected chi connectivity index (χ4v) is 2.00. The molecule has 0 aliphatic carbocycles.